The molecule has 1 saturated heterocycles. The second-order valence-electron chi connectivity index (χ2n) is 6.28. The molecule has 0 aliphatic carbocycles. The molecule has 4 rings (SSSR count). The summed E-state index contributed by atoms with van der Waals surface area (Å²) in [6.07, 6.45) is 2.64. The van der Waals surface area contributed by atoms with Crippen LogP contribution in [0.4, 0.5) is 5.82 Å². The molecule has 0 radical (unpaired) electrons. The Balaban J connectivity index is 1.58. The summed E-state index contributed by atoms with van der Waals surface area (Å²) in [5.74, 6) is 0.931. The number of hydrogen-bond acceptors (Lipinski definition) is 6. The van der Waals surface area contributed by atoms with Gasteiger partial charge in [0.15, 0.2) is 11.5 Å². The third-order valence-electron chi connectivity index (χ3n) is 4.54. The molecule has 1 atom stereocenters. The molecule has 2 aliphatic heterocycles. The first kappa shape index (κ1) is 17.7. The smallest absolute Gasteiger partial charge is 0.243 e. The number of ether oxygens (including phenoxy) is 2. The predicted octanol–water partition coefficient (Wildman–Crippen LogP) is 1.64. The summed E-state index contributed by atoms with van der Waals surface area (Å²) in [5, 5.41) is 2.69. The predicted molar refractivity (Wildman–Crippen MR) is 97.2 cm³/mol. The first-order chi connectivity index (χ1) is 13.1. The topological polar surface area (TPSA) is 97.8 Å². The number of anilines is 1. The van der Waals surface area contributed by atoms with Gasteiger partial charge >= 0.3 is 0 Å². The Bertz CT molecular complexity index is 949. The van der Waals surface area contributed by atoms with Gasteiger partial charge in [0.05, 0.1) is 4.90 Å². The molecular weight excluding hydrogens is 370 g/mol. The first-order valence-electron chi connectivity index (χ1n) is 8.69. The molecule has 1 fully saturated rings. The minimum Gasteiger partial charge on any atom is -0.486 e. The SMILES string of the molecule is O=C(Nc1ccccn1)C1CCCN1S(=O)(=O)c1ccc2c(c1)OCCO2. The second-order valence-corrected chi connectivity index (χ2v) is 8.17. The van der Waals surface area contributed by atoms with Gasteiger partial charge in [-0.05, 0) is 37.1 Å². The molecule has 2 aliphatic rings. The Hall–Kier alpha value is -2.65. The fourth-order valence-electron chi connectivity index (χ4n) is 3.26. The Kier molecular flexibility index (Phi) is 4.71. The van der Waals surface area contributed by atoms with E-state index in [1.807, 2.05) is 0 Å². The van der Waals surface area contributed by atoms with E-state index in [9.17, 15) is 13.2 Å². The standard InChI is InChI=1S/C18H19N3O5S/c22-18(20-17-5-1-2-8-19-17)14-4-3-9-21(14)27(23,24)13-6-7-15-16(12-13)26-11-10-25-15/h1-2,5-8,12,14H,3-4,9-11H2,(H,19,20,22). The first-order valence-corrected chi connectivity index (χ1v) is 10.1. The largest absolute Gasteiger partial charge is 0.486 e. The van der Waals surface area contributed by atoms with E-state index in [0.29, 0.717) is 43.4 Å². The Morgan fingerprint density at radius 1 is 1.15 bits per heavy atom. The lowest BCUT2D eigenvalue weighted by Crippen LogP contribution is -2.43. The molecule has 9 heteroatoms. The van der Waals surface area contributed by atoms with E-state index in [-0.39, 0.29) is 17.3 Å². The highest BCUT2D eigenvalue weighted by atomic mass is 32.2. The zero-order valence-corrected chi connectivity index (χ0v) is 15.3. The number of sulfonamides is 1. The van der Waals surface area contributed by atoms with Crippen molar-refractivity contribution in [2.45, 2.75) is 23.8 Å². The molecule has 1 aromatic carbocycles. The number of fused-ring (bicyclic) bond motifs is 1. The second kappa shape index (κ2) is 7.16. The van der Waals surface area contributed by atoms with Crippen molar-refractivity contribution in [2.24, 2.45) is 0 Å². The van der Waals surface area contributed by atoms with Gasteiger partial charge in [-0.2, -0.15) is 4.31 Å². The van der Waals surface area contributed by atoms with Crippen molar-refractivity contribution in [3.8, 4) is 11.5 Å². The highest BCUT2D eigenvalue weighted by molar-refractivity contribution is 7.89. The highest BCUT2D eigenvalue weighted by Gasteiger charge is 2.40. The summed E-state index contributed by atoms with van der Waals surface area (Å²) in [6.45, 7) is 1.09. The van der Waals surface area contributed by atoms with E-state index >= 15 is 0 Å². The number of nitrogens with zero attached hydrogens (tertiary/aromatic N) is 2. The van der Waals surface area contributed by atoms with Crippen LogP contribution in [-0.2, 0) is 14.8 Å². The van der Waals surface area contributed by atoms with Crippen LogP contribution in [0.3, 0.4) is 0 Å². The van der Waals surface area contributed by atoms with Gasteiger partial charge in [-0.15, -0.1) is 0 Å². The molecular formula is C18H19N3O5S. The zero-order valence-electron chi connectivity index (χ0n) is 14.5. The summed E-state index contributed by atoms with van der Waals surface area (Å²) >= 11 is 0. The number of pyridine rings is 1. The Morgan fingerprint density at radius 3 is 2.74 bits per heavy atom. The van der Waals surface area contributed by atoms with Crippen LogP contribution in [0.5, 0.6) is 11.5 Å². The van der Waals surface area contributed by atoms with Gasteiger partial charge in [0.25, 0.3) is 0 Å². The molecule has 1 amide bonds. The van der Waals surface area contributed by atoms with Crippen LogP contribution < -0.4 is 14.8 Å². The highest BCUT2D eigenvalue weighted by Crippen LogP contribution is 2.35. The quantitative estimate of drug-likeness (QED) is 0.854. The number of carbonyl (C=O) groups excluding carboxylic acids is 1. The molecule has 3 heterocycles. The van der Waals surface area contributed by atoms with Gasteiger partial charge in [-0.3, -0.25) is 4.79 Å². The average molecular weight is 389 g/mol. The Labute approximate surface area is 157 Å². The molecule has 0 spiro atoms. The molecule has 0 saturated carbocycles. The van der Waals surface area contributed by atoms with Crippen molar-refractivity contribution in [3.05, 3.63) is 42.6 Å². The number of carbonyl (C=O) groups is 1. The van der Waals surface area contributed by atoms with Crippen LogP contribution in [0.1, 0.15) is 12.8 Å². The summed E-state index contributed by atoms with van der Waals surface area (Å²) in [4.78, 5) is 16.8. The number of nitrogens with one attached hydrogen (secondary N) is 1. The molecule has 1 N–H and O–H groups in total. The van der Waals surface area contributed by atoms with Gasteiger partial charge < -0.3 is 14.8 Å². The molecule has 0 bridgehead atoms. The normalized spacial score (nSPS) is 19.6. The van der Waals surface area contributed by atoms with Gasteiger partial charge in [0, 0.05) is 18.8 Å². The summed E-state index contributed by atoms with van der Waals surface area (Å²) in [6, 6.07) is 8.90. The average Bonchev–Trinajstić information content (AvgIpc) is 3.19. The molecule has 142 valence electrons. The van der Waals surface area contributed by atoms with Crippen molar-refractivity contribution in [1.29, 1.82) is 0 Å². The van der Waals surface area contributed by atoms with Crippen molar-refractivity contribution >= 4 is 21.7 Å². The van der Waals surface area contributed by atoms with Crippen LogP contribution in [0, 0.1) is 0 Å². The lowest BCUT2D eigenvalue weighted by molar-refractivity contribution is -0.119. The van der Waals surface area contributed by atoms with Crippen LogP contribution in [0.25, 0.3) is 0 Å². The van der Waals surface area contributed by atoms with Crippen LogP contribution in [0.15, 0.2) is 47.5 Å². The maximum atomic E-state index is 13.1. The minimum absolute atomic E-state index is 0.0873. The van der Waals surface area contributed by atoms with Crippen molar-refractivity contribution in [3.63, 3.8) is 0 Å². The number of aromatic nitrogens is 1. The van der Waals surface area contributed by atoms with Gasteiger partial charge in [0.2, 0.25) is 15.9 Å². The van der Waals surface area contributed by atoms with E-state index in [2.05, 4.69) is 10.3 Å². The van der Waals surface area contributed by atoms with E-state index in [0.717, 1.165) is 0 Å². The molecule has 1 unspecified atom stereocenters. The van der Waals surface area contributed by atoms with Crippen molar-refractivity contribution < 1.29 is 22.7 Å². The van der Waals surface area contributed by atoms with E-state index in [1.54, 1.807) is 30.5 Å². The lowest BCUT2D eigenvalue weighted by atomic mass is 10.2. The third kappa shape index (κ3) is 3.47. The summed E-state index contributed by atoms with van der Waals surface area (Å²) in [7, 11) is -3.84. The number of amides is 1. The summed E-state index contributed by atoms with van der Waals surface area (Å²) in [5.41, 5.74) is 0. The lowest BCUT2D eigenvalue weighted by Gasteiger charge is -2.24. The third-order valence-corrected chi connectivity index (χ3v) is 6.45. The van der Waals surface area contributed by atoms with Crippen LogP contribution >= 0.6 is 0 Å². The molecule has 2 aromatic rings. The van der Waals surface area contributed by atoms with Crippen molar-refractivity contribution in [1.82, 2.24) is 9.29 Å². The maximum absolute atomic E-state index is 13.1. The fraction of sp³-hybridized carbons (Fsp3) is 0.333. The fourth-order valence-corrected chi connectivity index (χ4v) is 4.93. The summed E-state index contributed by atoms with van der Waals surface area (Å²) < 4.78 is 38.4. The van der Waals surface area contributed by atoms with Crippen LogP contribution in [0.2, 0.25) is 0 Å². The number of benzene rings is 1. The Morgan fingerprint density at radius 2 is 1.96 bits per heavy atom. The van der Waals surface area contributed by atoms with Crippen molar-refractivity contribution in [2.75, 3.05) is 25.1 Å². The minimum atomic E-state index is -3.84. The van der Waals surface area contributed by atoms with E-state index in [4.69, 9.17) is 9.47 Å². The van der Waals surface area contributed by atoms with Gasteiger partial charge in [-0.1, -0.05) is 6.07 Å². The van der Waals surface area contributed by atoms with E-state index < -0.39 is 16.1 Å². The van der Waals surface area contributed by atoms with E-state index in [1.165, 1.54) is 16.4 Å². The number of hydrogen-bond donors (Lipinski definition) is 1. The zero-order chi connectivity index (χ0) is 18.9. The van der Waals surface area contributed by atoms with Gasteiger partial charge in [-0.25, -0.2) is 13.4 Å². The van der Waals surface area contributed by atoms with Gasteiger partial charge in [0.1, 0.15) is 25.1 Å². The monoisotopic (exact) mass is 389 g/mol. The molecule has 27 heavy (non-hydrogen) atoms. The maximum Gasteiger partial charge on any atom is 0.243 e. The number of rotatable bonds is 4. The van der Waals surface area contributed by atoms with Crippen LogP contribution in [-0.4, -0.2) is 49.4 Å². The molecule has 8 nitrogen and oxygen atoms in total. The molecule has 1 aromatic heterocycles.